The summed E-state index contributed by atoms with van der Waals surface area (Å²) in [5, 5.41) is 6.47. The topological polar surface area (TPSA) is 36.4 Å². The number of aliphatic imine (C=N–C) groups is 1. The molecule has 2 fully saturated rings. The monoisotopic (exact) mass is 357 g/mol. The lowest BCUT2D eigenvalue weighted by molar-refractivity contribution is -0.182. The maximum absolute atomic E-state index is 13.8. The molecule has 0 heterocycles. The molecule has 7 heteroatoms. The van der Waals surface area contributed by atoms with E-state index in [4.69, 9.17) is 0 Å². The van der Waals surface area contributed by atoms with Crippen molar-refractivity contribution in [1.29, 1.82) is 0 Å². The van der Waals surface area contributed by atoms with E-state index in [9.17, 15) is 17.6 Å². The van der Waals surface area contributed by atoms with E-state index >= 15 is 0 Å². The first-order valence-corrected chi connectivity index (χ1v) is 8.69. The van der Waals surface area contributed by atoms with Gasteiger partial charge in [0.2, 0.25) is 0 Å². The highest BCUT2D eigenvalue weighted by atomic mass is 19.4. The van der Waals surface area contributed by atoms with Gasteiger partial charge in [0.15, 0.2) is 5.96 Å². The summed E-state index contributed by atoms with van der Waals surface area (Å²) in [5.74, 6) is -0.695. The first-order chi connectivity index (χ1) is 11.9. The van der Waals surface area contributed by atoms with Gasteiger partial charge in [0.25, 0.3) is 0 Å². The van der Waals surface area contributed by atoms with Crippen LogP contribution in [0.4, 0.5) is 17.6 Å². The molecular weight excluding hydrogens is 334 g/mol. The summed E-state index contributed by atoms with van der Waals surface area (Å²) in [4.78, 5) is 4.16. The van der Waals surface area contributed by atoms with Crippen LogP contribution in [-0.2, 0) is 0 Å². The molecule has 0 aromatic heterocycles. The van der Waals surface area contributed by atoms with Gasteiger partial charge in [-0.2, -0.15) is 13.2 Å². The zero-order valence-corrected chi connectivity index (χ0v) is 14.1. The minimum Gasteiger partial charge on any atom is -0.354 e. The van der Waals surface area contributed by atoms with Crippen molar-refractivity contribution < 1.29 is 17.6 Å². The molecule has 2 unspecified atom stereocenters. The highest BCUT2D eigenvalue weighted by Crippen LogP contribution is 2.42. The number of nitrogens with zero attached hydrogens (tertiary/aromatic N) is 1. The molecule has 3 nitrogen and oxygen atoms in total. The van der Waals surface area contributed by atoms with Crippen LogP contribution in [0, 0.1) is 11.7 Å². The van der Waals surface area contributed by atoms with E-state index in [1.165, 1.54) is 6.07 Å². The van der Waals surface area contributed by atoms with Crippen LogP contribution < -0.4 is 10.6 Å². The van der Waals surface area contributed by atoms with Crippen molar-refractivity contribution in [3.63, 3.8) is 0 Å². The zero-order chi connectivity index (χ0) is 18.0. The largest absolute Gasteiger partial charge is 0.391 e. The number of hydrogen-bond donors (Lipinski definition) is 2. The summed E-state index contributed by atoms with van der Waals surface area (Å²) in [6, 6.07) is 6.83. The van der Waals surface area contributed by atoms with Gasteiger partial charge in [0.05, 0.1) is 5.92 Å². The third-order valence-electron chi connectivity index (χ3n) is 5.17. The van der Waals surface area contributed by atoms with E-state index in [-0.39, 0.29) is 36.7 Å². The van der Waals surface area contributed by atoms with Crippen LogP contribution in [-0.4, -0.2) is 31.3 Å². The minimum atomic E-state index is -4.09. The van der Waals surface area contributed by atoms with Gasteiger partial charge in [-0.1, -0.05) is 18.2 Å². The molecule has 1 aromatic carbocycles. The Bertz CT molecular complexity index is 621. The third kappa shape index (κ3) is 4.44. The molecule has 0 radical (unpaired) electrons. The zero-order valence-electron chi connectivity index (χ0n) is 14.1. The van der Waals surface area contributed by atoms with Crippen LogP contribution in [0.15, 0.2) is 29.3 Å². The van der Waals surface area contributed by atoms with E-state index in [2.05, 4.69) is 15.6 Å². The second-order valence-electron chi connectivity index (χ2n) is 6.92. The number of halogens is 4. The lowest BCUT2D eigenvalue weighted by Gasteiger charge is -2.31. The minimum absolute atomic E-state index is 0.00420. The van der Waals surface area contributed by atoms with Crippen LogP contribution in [0.1, 0.15) is 43.6 Å². The van der Waals surface area contributed by atoms with Gasteiger partial charge in [0, 0.05) is 25.0 Å². The molecule has 0 spiro atoms. The Kier molecular flexibility index (Phi) is 5.20. The van der Waals surface area contributed by atoms with Crippen LogP contribution in [0.3, 0.4) is 0 Å². The number of hydrogen-bond acceptors (Lipinski definition) is 1. The Morgan fingerprint density at radius 2 is 1.76 bits per heavy atom. The fraction of sp³-hybridized carbons (Fsp3) is 0.611. The number of nitrogens with one attached hydrogen (secondary N) is 2. The summed E-state index contributed by atoms with van der Waals surface area (Å²) in [6.07, 6.45) is -2.01. The fourth-order valence-corrected chi connectivity index (χ4v) is 3.58. The van der Waals surface area contributed by atoms with Crippen LogP contribution >= 0.6 is 0 Å². The predicted octanol–water partition coefficient (Wildman–Crippen LogP) is 3.97. The maximum Gasteiger partial charge on any atom is 0.391 e. The quantitative estimate of drug-likeness (QED) is 0.488. The molecule has 25 heavy (non-hydrogen) atoms. The molecule has 138 valence electrons. The molecule has 2 atom stereocenters. The molecule has 2 saturated carbocycles. The standard InChI is InChI=1S/C18H23F4N3/c1-23-17(24-12-8-6-11(7-9-12)18(20,21)22)25-16-10-14(16)13-4-2-3-5-15(13)19/h2-5,11-12,14,16H,6-10H2,1H3,(H2,23,24,25). The second-order valence-corrected chi connectivity index (χ2v) is 6.92. The van der Waals surface area contributed by atoms with Crippen molar-refractivity contribution in [3.05, 3.63) is 35.6 Å². The molecule has 1 aromatic rings. The van der Waals surface area contributed by atoms with E-state index < -0.39 is 12.1 Å². The van der Waals surface area contributed by atoms with Gasteiger partial charge < -0.3 is 10.6 Å². The van der Waals surface area contributed by atoms with Gasteiger partial charge in [-0.15, -0.1) is 0 Å². The number of benzene rings is 1. The first kappa shape index (κ1) is 18.0. The summed E-state index contributed by atoms with van der Waals surface area (Å²) in [6.45, 7) is 0. The van der Waals surface area contributed by atoms with Gasteiger partial charge in [-0.25, -0.2) is 4.39 Å². The van der Waals surface area contributed by atoms with Crippen molar-refractivity contribution in [2.24, 2.45) is 10.9 Å². The SMILES string of the molecule is CN=C(NC1CCC(C(F)(F)F)CC1)NC1CC1c1ccccc1F. The van der Waals surface area contributed by atoms with Crippen molar-refractivity contribution in [2.75, 3.05) is 7.05 Å². The normalized spacial score (nSPS) is 30.0. The summed E-state index contributed by atoms with van der Waals surface area (Å²) in [7, 11) is 1.64. The highest BCUT2D eigenvalue weighted by molar-refractivity contribution is 5.80. The molecule has 0 aliphatic heterocycles. The van der Waals surface area contributed by atoms with E-state index in [0.29, 0.717) is 24.4 Å². The van der Waals surface area contributed by atoms with E-state index in [1.54, 1.807) is 19.2 Å². The Morgan fingerprint density at radius 3 is 2.36 bits per heavy atom. The Labute approximate surface area is 144 Å². The summed E-state index contributed by atoms with van der Waals surface area (Å²) < 4.78 is 52.0. The highest BCUT2D eigenvalue weighted by Gasteiger charge is 2.42. The molecule has 2 aliphatic carbocycles. The first-order valence-electron chi connectivity index (χ1n) is 8.69. The molecule has 2 N–H and O–H groups in total. The number of alkyl halides is 3. The van der Waals surface area contributed by atoms with Crippen molar-refractivity contribution in [2.45, 2.75) is 56.3 Å². The van der Waals surface area contributed by atoms with Crippen molar-refractivity contribution >= 4 is 5.96 Å². The molecule has 0 amide bonds. The number of rotatable bonds is 3. The smallest absolute Gasteiger partial charge is 0.354 e. The summed E-state index contributed by atoms with van der Waals surface area (Å²) in [5.41, 5.74) is 0.695. The van der Waals surface area contributed by atoms with E-state index in [1.807, 2.05) is 6.07 Å². The Balaban J connectivity index is 1.48. The molecule has 0 bridgehead atoms. The third-order valence-corrected chi connectivity index (χ3v) is 5.17. The average Bonchev–Trinajstić information content (AvgIpc) is 3.33. The summed E-state index contributed by atoms with van der Waals surface area (Å²) >= 11 is 0. The van der Waals surface area contributed by atoms with Crippen molar-refractivity contribution in [3.8, 4) is 0 Å². The van der Waals surface area contributed by atoms with Gasteiger partial charge in [-0.3, -0.25) is 4.99 Å². The molecule has 0 saturated heterocycles. The van der Waals surface area contributed by atoms with Gasteiger partial charge in [-0.05, 0) is 43.7 Å². The van der Waals surface area contributed by atoms with Crippen LogP contribution in [0.2, 0.25) is 0 Å². The fourth-order valence-electron chi connectivity index (χ4n) is 3.58. The Morgan fingerprint density at radius 1 is 1.08 bits per heavy atom. The number of guanidine groups is 1. The molecule has 2 aliphatic rings. The molecular formula is C18H23F4N3. The Hall–Kier alpha value is -1.79. The lowest BCUT2D eigenvalue weighted by atomic mass is 9.85. The van der Waals surface area contributed by atoms with Gasteiger partial charge in [0.1, 0.15) is 5.82 Å². The molecule has 3 rings (SSSR count). The second kappa shape index (κ2) is 7.22. The maximum atomic E-state index is 13.8. The van der Waals surface area contributed by atoms with Crippen LogP contribution in [0.25, 0.3) is 0 Å². The predicted molar refractivity (Wildman–Crippen MR) is 89.0 cm³/mol. The van der Waals surface area contributed by atoms with Crippen molar-refractivity contribution in [1.82, 2.24) is 10.6 Å². The van der Waals surface area contributed by atoms with E-state index in [0.717, 1.165) is 6.42 Å². The van der Waals surface area contributed by atoms with Gasteiger partial charge >= 0.3 is 6.18 Å². The average molecular weight is 357 g/mol. The lowest BCUT2D eigenvalue weighted by Crippen LogP contribution is -2.46. The van der Waals surface area contributed by atoms with Crippen LogP contribution in [0.5, 0.6) is 0 Å².